The maximum atomic E-state index is 12.3. The van der Waals surface area contributed by atoms with E-state index in [2.05, 4.69) is 15.2 Å². The Labute approximate surface area is 143 Å². The summed E-state index contributed by atoms with van der Waals surface area (Å²) in [7, 11) is 0. The fourth-order valence-electron chi connectivity index (χ4n) is 3.67. The van der Waals surface area contributed by atoms with Crippen LogP contribution in [0.25, 0.3) is 4.96 Å². The minimum Gasteiger partial charge on any atom is -0.336 e. The van der Waals surface area contributed by atoms with E-state index >= 15 is 0 Å². The average molecular weight is 347 g/mol. The van der Waals surface area contributed by atoms with Crippen molar-refractivity contribution in [2.24, 2.45) is 0 Å². The zero-order valence-corrected chi connectivity index (χ0v) is 14.5. The van der Waals surface area contributed by atoms with Crippen molar-refractivity contribution >= 4 is 22.3 Å². The lowest BCUT2D eigenvalue weighted by Gasteiger charge is -2.36. The van der Waals surface area contributed by atoms with E-state index in [4.69, 9.17) is 0 Å². The fourth-order valence-corrected chi connectivity index (χ4v) is 4.57. The second kappa shape index (κ2) is 6.18. The summed E-state index contributed by atoms with van der Waals surface area (Å²) in [6.45, 7) is 5.94. The number of hydrogen-bond donors (Lipinski definition) is 1. The largest absolute Gasteiger partial charge is 0.336 e. The Kier molecular flexibility index (Phi) is 4.01. The summed E-state index contributed by atoms with van der Waals surface area (Å²) in [5.41, 5.74) is 1.73. The molecule has 2 aromatic rings. The summed E-state index contributed by atoms with van der Waals surface area (Å²) < 4.78 is 1.65. The molecular formula is C16H21N5O2S. The van der Waals surface area contributed by atoms with Gasteiger partial charge in [0.25, 0.3) is 5.56 Å². The number of thiazole rings is 1. The number of nitrogens with zero attached hydrogens (tertiary/aromatic N) is 4. The lowest BCUT2D eigenvalue weighted by Crippen LogP contribution is -2.48. The van der Waals surface area contributed by atoms with Crippen LogP contribution in [0, 0.1) is 6.92 Å². The molecule has 2 aliphatic rings. The standard InChI is InChI=1S/C16H21N5O2S/c1-11-10-24-16-18-12(7-14(22)21(11)16)8-19-5-2-3-13(9-19)20-6-4-17-15(20)23/h7,10,13H,2-6,8-9H2,1H3,(H,17,23). The van der Waals surface area contributed by atoms with E-state index in [9.17, 15) is 9.59 Å². The summed E-state index contributed by atoms with van der Waals surface area (Å²) in [6.07, 6.45) is 2.11. The molecule has 0 radical (unpaired) electrons. The van der Waals surface area contributed by atoms with Crippen molar-refractivity contribution in [1.82, 2.24) is 24.5 Å². The highest BCUT2D eigenvalue weighted by Gasteiger charge is 2.31. The minimum atomic E-state index is -0.0127. The van der Waals surface area contributed by atoms with Crippen LogP contribution < -0.4 is 10.9 Å². The van der Waals surface area contributed by atoms with Crippen LogP contribution in [0.4, 0.5) is 4.79 Å². The van der Waals surface area contributed by atoms with Crippen molar-refractivity contribution in [3.8, 4) is 0 Å². The smallest absolute Gasteiger partial charge is 0.317 e. The molecule has 1 unspecified atom stereocenters. The van der Waals surface area contributed by atoms with Crippen molar-refractivity contribution in [2.75, 3.05) is 26.2 Å². The highest BCUT2D eigenvalue weighted by Crippen LogP contribution is 2.19. The van der Waals surface area contributed by atoms with Crippen LogP contribution in [-0.2, 0) is 6.54 Å². The highest BCUT2D eigenvalue weighted by molar-refractivity contribution is 7.15. The number of likely N-dealkylation sites (tertiary alicyclic amines) is 1. The van der Waals surface area contributed by atoms with Gasteiger partial charge in [0.2, 0.25) is 0 Å². The molecule has 8 heteroatoms. The molecule has 128 valence electrons. The first-order valence-electron chi connectivity index (χ1n) is 8.35. The van der Waals surface area contributed by atoms with Crippen molar-refractivity contribution in [2.45, 2.75) is 32.4 Å². The SMILES string of the molecule is Cc1csc2nc(CN3CCCC(N4CCNC4=O)C3)cc(=O)n12. The number of aryl methyl sites for hydroxylation is 1. The topological polar surface area (TPSA) is 70.0 Å². The fraction of sp³-hybridized carbons (Fsp3) is 0.562. The second-order valence-corrected chi connectivity index (χ2v) is 7.37. The number of hydrogen-bond acceptors (Lipinski definition) is 5. The Morgan fingerprint density at radius 1 is 1.38 bits per heavy atom. The molecule has 1 N–H and O–H groups in total. The first-order valence-corrected chi connectivity index (χ1v) is 9.23. The van der Waals surface area contributed by atoms with Gasteiger partial charge in [0.05, 0.1) is 5.69 Å². The molecule has 24 heavy (non-hydrogen) atoms. The first kappa shape index (κ1) is 15.6. The van der Waals surface area contributed by atoms with Gasteiger partial charge >= 0.3 is 6.03 Å². The molecule has 0 bridgehead atoms. The third kappa shape index (κ3) is 2.80. The van der Waals surface area contributed by atoms with Gasteiger partial charge in [-0.2, -0.15) is 0 Å². The van der Waals surface area contributed by atoms with Crippen molar-refractivity contribution in [3.05, 3.63) is 33.2 Å². The van der Waals surface area contributed by atoms with Gasteiger partial charge in [0.15, 0.2) is 4.96 Å². The van der Waals surface area contributed by atoms with E-state index in [0.29, 0.717) is 6.54 Å². The van der Waals surface area contributed by atoms with E-state index in [1.165, 1.54) is 11.3 Å². The van der Waals surface area contributed by atoms with Gasteiger partial charge in [-0.05, 0) is 26.3 Å². The van der Waals surface area contributed by atoms with Crippen LogP contribution in [0.2, 0.25) is 0 Å². The molecule has 7 nitrogen and oxygen atoms in total. The predicted molar refractivity (Wildman–Crippen MR) is 92.5 cm³/mol. The van der Waals surface area contributed by atoms with Gasteiger partial charge in [-0.15, -0.1) is 11.3 Å². The number of carbonyl (C=O) groups excluding carboxylic acids is 1. The van der Waals surface area contributed by atoms with E-state index in [1.807, 2.05) is 17.2 Å². The summed E-state index contributed by atoms with van der Waals surface area (Å²) in [5, 5.41) is 4.83. The third-order valence-corrected chi connectivity index (χ3v) is 5.77. The molecule has 1 atom stereocenters. The van der Waals surface area contributed by atoms with Crippen LogP contribution in [0.15, 0.2) is 16.2 Å². The Bertz CT molecular complexity index is 829. The normalized spacial score (nSPS) is 22.3. The van der Waals surface area contributed by atoms with Crippen LogP contribution in [0.5, 0.6) is 0 Å². The first-order chi connectivity index (χ1) is 11.6. The Morgan fingerprint density at radius 2 is 2.25 bits per heavy atom. The van der Waals surface area contributed by atoms with Gasteiger partial charge in [-0.25, -0.2) is 9.78 Å². The second-order valence-electron chi connectivity index (χ2n) is 6.54. The Balaban J connectivity index is 1.50. The summed E-state index contributed by atoms with van der Waals surface area (Å²) in [5.74, 6) is 0. The van der Waals surface area contributed by atoms with E-state index in [1.54, 1.807) is 10.5 Å². The van der Waals surface area contributed by atoms with E-state index < -0.39 is 0 Å². The van der Waals surface area contributed by atoms with Crippen LogP contribution in [-0.4, -0.2) is 57.4 Å². The van der Waals surface area contributed by atoms with Gasteiger partial charge < -0.3 is 10.2 Å². The molecule has 2 aromatic heterocycles. The molecule has 0 aromatic carbocycles. The van der Waals surface area contributed by atoms with Gasteiger partial charge in [0.1, 0.15) is 0 Å². The Morgan fingerprint density at radius 3 is 3.04 bits per heavy atom. The average Bonchev–Trinajstić information content (AvgIpc) is 3.14. The monoisotopic (exact) mass is 347 g/mol. The molecule has 4 rings (SSSR count). The number of amides is 2. The third-order valence-electron chi connectivity index (χ3n) is 4.83. The molecule has 2 amide bonds. The minimum absolute atomic E-state index is 0.0127. The number of urea groups is 1. The molecule has 4 heterocycles. The molecule has 0 aliphatic carbocycles. The number of aromatic nitrogens is 2. The molecule has 0 saturated carbocycles. The van der Waals surface area contributed by atoms with Crippen LogP contribution in [0.3, 0.4) is 0 Å². The van der Waals surface area contributed by atoms with Crippen molar-refractivity contribution < 1.29 is 4.79 Å². The van der Waals surface area contributed by atoms with E-state index in [-0.39, 0.29) is 17.6 Å². The quantitative estimate of drug-likeness (QED) is 0.901. The number of piperidine rings is 1. The molecule has 2 saturated heterocycles. The highest BCUT2D eigenvalue weighted by atomic mass is 32.1. The molecule has 2 fully saturated rings. The zero-order chi connectivity index (χ0) is 16.7. The van der Waals surface area contributed by atoms with Crippen molar-refractivity contribution in [3.63, 3.8) is 0 Å². The summed E-state index contributed by atoms with van der Waals surface area (Å²) in [4.78, 5) is 33.8. The maximum Gasteiger partial charge on any atom is 0.317 e. The molecular weight excluding hydrogens is 326 g/mol. The summed E-state index contributed by atoms with van der Waals surface area (Å²) >= 11 is 1.50. The number of carbonyl (C=O) groups is 1. The van der Waals surface area contributed by atoms with E-state index in [0.717, 1.165) is 55.4 Å². The summed E-state index contributed by atoms with van der Waals surface area (Å²) in [6, 6.07) is 1.95. The van der Waals surface area contributed by atoms with Gasteiger partial charge in [-0.1, -0.05) is 0 Å². The number of nitrogens with one attached hydrogen (secondary N) is 1. The van der Waals surface area contributed by atoms with Crippen LogP contribution in [0.1, 0.15) is 24.2 Å². The van der Waals surface area contributed by atoms with Crippen molar-refractivity contribution in [1.29, 1.82) is 0 Å². The lowest BCUT2D eigenvalue weighted by atomic mass is 10.0. The predicted octanol–water partition coefficient (Wildman–Crippen LogP) is 1.05. The lowest BCUT2D eigenvalue weighted by molar-refractivity contribution is 0.121. The maximum absolute atomic E-state index is 12.3. The molecule has 2 aliphatic heterocycles. The Hall–Kier alpha value is -1.93. The van der Waals surface area contributed by atoms with Crippen LogP contribution >= 0.6 is 11.3 Å². The number of fused-ring (bicyclic) bond motifs is 1. The molecule has 0 spiro atoms. The zero-order valence-electron chi connectivity index (χ0n) is 13.7. The van der Waals surface area contributed by atoms with Gasteiger partial charge in [0, 0.05) is 49.4 Å². The number of rotatable bonds is 3. The van der Waals surface area contributed by atoms with Gasteiger partial charge in [-0.3, -0.25) is 14.1 Å².